The second kappa shape index (κ2) is 6.26. The normalized spacial score (nSPS) is 17.1. The fourth-order valence-electron chi connectivity index (χ4n) is 2.69. The zero-order valence-corrected chi connectivity index (χ0v) is 12.0. The summed E-state index contributed by atoms with van der Waals surface area (Å²) in [5.74, 6) is 2.44. The van der Waals surface area contributed by atoms with Crippen LogP contribution in [0.5, 0.6) is 5.75 Å². The number of aryl methyl sites for hydroxylation is 1. The minimum Gasteiger partial charge on any atom is -0.493 e. The number of hydrogen-bond donors (Lipinski definition) is 0. The molecule has 0 aromatic heterocycles. The van der Waals surface area contributed by atoms with Crippen LogP contribution in [0.2, 0.25) is 0 Å². The highest BCUT2D eigenvalue weighted by molar-refractivity contribution is 5.37. The van der Waals surface area contributed by atoms with Gasteiger partial charge in [-0.05, 0) is 48.8 Å². The lowest BCUT2D eigenvalue weighted by atomic mass is 9.90. The summed E-state index contributed by atoms with van der Waals surface area (Å²) in [5.41, 5.74) is 2.63. The maximum atomic E-state index is 6.07. The van der Waals surface area contributed by atoms with Crippen LogP contribution in [0.3, 0.4) is 0 Å². The molecule has 0 aliphatic heterocycles. The van der Waals surface area contributed by atoms with E-state index in [2.05, 4.69) is 39.0 Å². The molecule has 100 valence electrons. The van der Waals surface area contributed by atoms with Crippen molar-refractivity contribution in [3.63, 3.8) is 0 Å². The Balaban J connectivity index is 1.97. The van der Waals surface area contributed by atoms with Crippen LogP contribution in [0.4, 0.5) is 0 Å². The van der Waals surface area contributed by atoms with E-state index in [1.165, 1.54) is 43.2 Å². The van der Waals surface area contributed by atoms with Crippen molar-refractivity contribution in [2.75, 3.05) is 6.61 Å². The Bertz CT molecular complexity index is 375. The van der Waals surface area contributed by atoms with Gasteiger partial charge in [0, 0.05) is 0 Å². The topological polar surface area (TPSA) is 9.23 Å². The maximum Gasteiger partial charge on any atom is 0.122 e. The Morgan fingerprint density at radius 2 is 1.89 bits per heavy atom. The predicted octanol–water partition coefficient (Wildman–Crippen LogP) is 5.08. The van der Waals surface area contributed by atoms with E-state index < -0.39 is 0 Å². The standard InChI is InChI=1S/C17H26O/c1-13(2)16-10-9-14(3)17(11-16)18-12-15-7-5-4-6-8-15/h9-11,13,15H,4-8,12H2,1-3H3. The average Bonchev–Trinajstić information content (AvgIpc) is 2.38. The van der Waals surface area contributed by atoms with Gasteiger partial charge >= 0.3 is 0 Å². The fourth-order valence-corrected chi connectivity index (χ4v) is 2.69. The van der Waals surface area contributed by atoms with Crippen molar-refractivity contribution < 1.29 is 4.74 Å². The molecule has 0 atom stereocenters. The van der Waals surface area contributed by atoms with E-state index in [0.717, 1.165) is 18.3 Å². The largest absolute Gasteiger partial charge is 0.493 e. The van der Waals surface area contributed by atoms with Gasteiger partial charge in [0.2, 0.25) is 0 Å². The van der Waals surface area contributed by atoms with E-state index in [1.807, 2.05) is 0 Å². The van der Waals surface area contributed by atoms with Crippen molar-refractivity contribution in [2.24, 2.45) is 5.92 Å². The molecule has 0 N–H and O–H groups in total. The van der Waals surface area contributed by atoms with Crippen molar-refractivity contribution in [3.8, 4) is 5.75 Å². The highest BCUT2D eigenvalue weighted by Crippen LogP contribution is 2.27. The first-order valence-electron chi connectivity index (χ1n) is 7.40. The molecule has 0 radical (unpaired) electrons. The zero-order chi connectivity index (χ0) is 13.0. The second-order valence-electron chi connectivity index (χ2n) is 5.99. The zero-order valence-electron chi connectivity index (χ0n) is 12.0. The molecule has 0 unspecified atom stereocenters. The third-order valence-corrected chi connectivity index (χ3v) is 4.08. The molecular weight excluding hydrogens is 220 g/mol. The fraction of sp³-hybridized carbons (Fsp3) is 0.647. The minimum absolute atomic E-state index is 0.572. The van der Waals surface area contributed by atoms with Crippen LogP contribution in [-0.4, -0.2) is 6.61 Å². The van der Waals surface area contributed by atoms with Gasteiger partial charge in [0.05, 0.1) is 6.61 Å². The van der Waals surface area contributed by atoms with Gasteiger partial charge in [0.15, 0.2) is 0 Å². The molecule has 2 rings (SSSR count). The first-order valence-corrected chi connectivity index (χ1v) is 7.40. The number of hydrogen-bond acceptors (Lipinski definition) is 1. The number of ether oxygens (including phenoxy) is 1. The summed E-state index contributed by atoms with van der Waals surface area (Å²) in [6, 6.07) is 6.63. The van der Waals surface area contributed by atoms with Gasteiger partial charge in [-0.2, -0.15) is 0 Å². The van der Waals surface area contributed by atoms with Gasteiger partial charge in [0.25, 0.3) is 0 Å². The first kappa shape index (κ1) is 13.5. The molecule has 0 bridgehead atoms. The van der Waals surface area contributed by atoms with Gasteiger partial charge in [-0.25, -0.2) is 0 Å². The predicted molar refractivity (Wildman–Crippen MR) is 77.3 cm³/mol. The third kappa shape index (κ3) is 3.51. The van der Waals surface area contributed by atoms with E-state index >= 15 is 0 Å². The molecule has 0 heterocycles. The quantitative estimate of drug-likeness (QED) is 0.720. The van der Waals surface area contributed by atoms with E-state index in [4.69, 9.17) is 4.74 Å². The van der Waals surface area contributed by atoms with Crippen LogP contribution >= 0.6 is 0 Å². The van der Waals surface area contributed by atoms with Crippen molar-refractivity contribution in [1.82, 2.24) is 0 Å². The summed E-state index contributed by atoms with van der Waals surface area (Å²) in [6.45, 7) is 7.51. The summed E-state index contributed by atoms with van der Waals surface area (Å²) < 4.78 is 6.07. The SMILES string of the molecule is Cc1ccc(C(C)C)cc1OCC1CCCCC1. The van der Waals surface area contributed by atoms with E-state index in [-0.39, 0.29) is 0 Å². The molecule has 1 heteroatoms. The van der Waals surface area contributed by atoms with Crippen molar-refractivity contribution in [1.29, 1.82) is 0 Å². The molecular formula is C17H26O. The average molecular weight is 246 g/mol. The van der Waals surface area contributed by atoms with Gasteiger partial charge in [-0.1, -0.05) is 45.2 Å². The van der Waals surface area contributed by atoms with Crippen LogP contribution in [0, 0.1) is 12.8 Å². The van der Waals surface area contributed by atoms with Gasteiger partial charge in [0.1, 0.15) is 5.75 Å². The van der Waals surface area contributed by atoms with Crippen LogP contribution in [-0.2, 0) is 0 Å². The Morgan fingerprint density at radius 3 is 2.56 bits per heavy atom. The van der Waals surface area contributed by atoms with Gasteiger partial charge < -0.3 is 4.74 Å². The molecule has 0 saturated heterocycles. The minimum atomic E-state index is 0.572. The molecule has 1 fully saturated rings. The lowest BCUT2D eigenvalue weighted by Gasteiger charge is -2.22. The highest BCUT2D eigenvalue weighted by atomic mass is 16.5. The van der Waals surface area contributed by atoms with E-state index in [9.17, 15) is 0 Å². The molecule has 1 aromatic rings. The molecule has 0 amide bonds. The summed E-state index contributed by atoms with van der Waals surface area (Å²) in [6.07, 6.45) is 6.89. The van der Waals surface area contributed by atoms with E-state index in [1.54, 1.807) is 0 Å². The second-order valence-corrected chi connectivity index (χ2v) is 5.99. The lowest BCUT2D eigenvalue weighted by molar-refractivity contribution is 0.207. The van der Waals surface area contributed by atoms with Gasteiger partial charge in [-0.3, -0.25) is 0 Å². The summed E-state index contributed by atoms with van der Waals surface area (Å²) in [4.78, 5) is 0. The summed E-state index contributed by atoms with van der Waals surface area (Å²) >= 11 is 0. The maximum absolute atomic E-state index is 6.07. The smallest absolute Gasteiger partial charge is 0.122 e. The number of rotatable bonds is 4. The Hall–Kier alpha value is -0.980. The first-order chi connectivity index (χ1) is 8.66. The lowest BCUT2D eigenvalue weighted by Crippen LogP contribution is -2.15. The van der Waals surface area contributed by atoms with Crippen LogP contribution in [0.25, 0.3) is 0 Å². The molecule has 1 aliphatic carbocycles. The molecule has 18 heavy (non-hydrogen) atoms. The Morgan fingerprint density at radius 1 is 1.17 bits per heavy atom. The number of benzene rings is 1. The monoisotopic (exact) mass is 246 g/mol. The molecule has 1 aromatic carbocycles. The van der Waals surface area contributed by atoms with Crippen molar-refractivity contribution in [3.05, 3.63) is 29.3 Å². The van der Waals surface area contributed by atoms with Crippen molar-refractivity contribution >= 4 is 0 Å². The Labute approximate surface area is 112 Å². The molecule has 1 aliphatic rings. The van der Waals surface area contributed by atoms with Crippen molar-refractivity contribution in [2.45, 2.75) is 58.8 Å². The van der Waals surface area contributed by atoms with Crippen LogP contribution < -0.4 is 4.74 Å². The molecule has 0 spiro atoms. The molecule has 1 saturated carbocycles. The van der Waals surface area contributed by atoms with Crippen LogP contribution in [0.1, 0.15) is 63.0 Å². The third-order valence-electron chi connectivity index (χ3n) is 4.08. The van der Waals surface area contributed by atoms with Gasteiger partial charge in [-0.15, -0.1) is 0 Å². The highest BCUT2D eigenvalue weighted by Gasteiger charge is 2.14. The summed E-state index contributed by atoms with van der Waals surface area (Å²) in [7, 11) is 0. The van der Waals surface area contributed by atoms with Crippen LogP contribution in [0.15, 0.2) is 18.2 Å². The summed E-state index contributed by atoms with van der Waals surface area (Å²) in [5, 5.41) is 0. The van der Waals surface area contributed by atoms with E-state index in [0.29, 0.717) is 5.92 Å². The molecule has 1 nitrogen and oxygen atoms in total. The Kier molecular flexibility index (Phi) is 4.68.